The summed E-state index contributed by atoms with van der Waals surface area (Å²) in [5, 5.41) is 0. The molecule has 2 atom stereocenters. The second-order valence-corrected chi connectivity index (χ2v) is 6.82. The van der Waals surface area contributed by atoms with Crippen LogP contribution in [-0.2, 0) is 10.9 Å². The van der Waals surface area contributed by atoms with Crippen LogP contribution in [0.1, 0.15) is 50.3 Å². The number of rotatable bonds is 2. The maximum absolute atomic E-state index is 13.0. The van der Waals surface area contributed by atoms with E-state index in [1.165, 1.54) is 11.0 Å². The number of nitrogens with two attached hydrogens (primary N) is 1. The van der Waals surface area contributed by atoms with Crippen LogP contribution in [0.25, 0.3) is 0 Å². The summed E-state index contributed by atoms with van der Waals surface area (Å²) >= 11 is 0. The van der Waals surface area contributed by atoms with Crippen LogP contribution >= 0.6 is 0 Å². The van der Waals surface area contributed by atoms with Gasteiger partial charge in [0.1, 0.15) is 0 Å². The van der Waals surface area contributed by atoms with Gasteiger partial charge in [-0.1, -0.05) is 0 Å². The minimum absolute atomic E-state index is 0.115. The van der Waals surface area contributed by atoms with Gasteiger partial charge in [-0.15, -0.1) is 0 Å². The van der Waals surface area contributed by atoms with Crippen molar-refractivity contribution in [3.05, 3.63) is 29.3 Å². The zero-order chi connectivity index (χ0) is 17.6. The summed E-state index contributed by atoms with van der Waals surface area (Å²) in [5.41, 5.74) is 6.16. The molecule has 0 radical (unpaired) electrons. The number of hydrogen-bond donors (Lipinski definition) is 1. The minimum atomic E-state index is -4.44. The van der Waals surface area contributed by atoms with Crippen molar-refractivity contribution in [2.24, 2.45) is 11.7 Å². The van der Waals surface area contributed by atoms with Gasteiger partial charge in [-0.25, -0.2) is 4.79 Å². The molecule has 2 aliphatic rings. The molecule has 1 heterocycles. The van der Waals surface area contributed by atoms with Gasteiger partial charge < -0.3 is 10.5 Å². The van der Waals surface area contributed by atoms with E-state index in [2.05, 4.69) is 0 Å². The number of anilines is 1. The monoisotopic (exact) mass is 342 g/mol. The third-order valence-corrected chi connectivity index (χ3v) is 4.54. The highest BCUT2D eigenvalue weighted by molar-refractivity contribution is 5.90. The van der Waals surface area contributed by atoms with Crippen LogP contribution in [0.3, 0.4) is 0 Å². The van der Waals surface area contributed by atoms with Crippen molar-refractivity contribution in [2.75, 3.05) is 4.90 Å². The van der Waals surface area contributed by atoms with Gasteiger partial charge >= 0.3 is 12.3 Å². The van der Waals surface area contributed by atoms with Gasteiger partial charge in [0, 0.05) is 12.1 Å². The second-order valence-electron chi connectivity index (χ2n) is 6.82. The summed E-state index contributed by atoms with van der Waals surface area (Å²) in [6, 6.07) is 2.76. The molecule has 1 aliphatic heterocycles. The summed E-state index contributed by atoms with van der Waals surface area (Å²) in [7, 11) is 0. The molecule has 7 heteroatoms. The number of benzene rings is 1. The fraction of sp³-hybridized carbons (Fsp3) is 0.588. The Balaban J connectivity index is 2.02. The van der Waals surface area contributed by atoms with Crippen molar-refractivity contribution in [2.45, 2.75) is 57.5 Å². The molecule has 0 bridgehead atoms. The number of carbonyl (C=O) groups is 1. The lowest BCUT2D eigenvalue weighted by Gasteiger charge is -2.40. The van der Waals surface area contributed by atoms with Crippen molar-refractivity contribution in [1.29, 1.82) is 0 Å². The van der Waals surface area contributed by atoms with Gasteiger partial charge in [0.2, 0.25) is 0 Å². The highest BCUT2D eigenvalue weighted by Gasteiger charge is 2.44. The van der Waals surface area contributed by atoms with Crippen LogP contribution in [0.15, 0.2) is 18.2 Å². The number of halogens is 3. The summed E-state index contributed by atoms with van der Waals surface area (Å²) < 4.78 is 44.3. The van der Waals surface area contributed by atoms with Crippen LogP contribution in [0.4, 0.5) is 23.7 Å². The lowest BCUT2D eigenvalue weighted by molar-refractivity contribution is -0.137. The molecule has 4 nitrogen and oxygen atoms in total. The first-order valence-electron chi connectivity index (χ1n) is 8.15. The van der Waals surface area contributed by atoms with Crippen molar-refractivity contribution in [1.82, 2.24) is 0 Å². The Morgan fingerprint density at radius 1 is 1.33 bits per heavy atom. The highest BCUT2D eigenvalue weighted by Crippen LogP contribution is 2.47. The average Bonchev–Trinajstić information content (AvgIpc) is 3.29. The zero-order valence-corrected chi connectivity index (χ0v) is 13.6. The molecule has 2 unspecified atom stereocenters. The summed E-state index contributed by atoms with van der Waals surface area (Å²) in [6.45, 7) is 3.49. The number of alkyl halides is 3. The molecule has 1 aromatic rings. The molecule has 1 saturated carbocycles. The summed E-state index contributed by atoms with van der Waals surface area (Å²) in [6.07, 6.45) is -2.81. The van der Waals surface area contributed by atoms with Crippen LogP contribution < -0.4 is 10.6 Å². The third-order valence-electron chi connectivity index (χ3n) is 4.54. The smallest absolute Gasteiger partial charge is 0.416 e. The number of hydrogen-bond acceptors (Lipinski definition) is 3. The quantitative estimate of drug-likeness (QED) is 0.875. The molecule has 1 aliphatic carbocycles. The Bertz CT molecular complexity index is 641. The number of carbonyl (C=O) groups excluding carboxylic acids is 1. The molecule has 0 spiro atoms. The Morgan fingerprint density at radius 3 is 2.54 bits per heavy atom. The van der Waals surface area contributed by atoms with E-state index in [9.17, 15) is 18.0 Å². The van der Waals surface area contributed by atoms with E-state index in [0.717, 1.165) is 25.0 Å². The van der Waals surface area contributed by atoms with Crippen molar-refractivity contribution in [3.63, 3.8) is 0 Å². The molecule has 0 saturated heterocycles. The van der Waals surface area contributed by atoms with Gasteiger partial charge in [-0.3, -0.25) is 4.90 Å². The first kappa shape index (κ1) is 17.1. The van der Waals surface area contributed by atoms with E-state index in [1.807, 2.05) is 0 Å². The van der Waals surface area contributed by atoms with E-state index in [4.69, 9.17) is 10.5 Å². The molecule has 1 amide bonds. The number of amides is 1. The molecular weight excluding hydrogens is 321 g/mol. The maximum atomic E-state index is 13.0. The topological polar surface area (TPSA) is 55.6 Å². The minimum Gasteiger partial charge on any atom is -0.446 e. The van der Waals surface area contributed by atoms with Crippen LogP contribution in [0.5, 0.6) is 0 Å². The molecule has 1 fully saturated rings. The number of fused-ring (bicyclic) bond motifs is 1. The Labute approximate surface area is 138 Å². The van der Waals surface area contributed by atoms with Crippen molar-refractivity contribution < 1.29 is 22.7 Å². The maximum Gasteiger partial charge on any atom is 0.416 e. The highest BCUT2D eigenvalue weighted by atomic mass is 19.4. The zero-order valence-electron chi connectivity index (χ0n) is 13.6. The Hall–Kier alpha value is -1.76. The largest absolute Gasteiger partial charge is 0.446 e. The van der Waals surface area contributed by atoms with Gasteiger partial charge in [-0.2, -0.15) is 13.2 Å². The van der Waals surface area contributed by atoms with Gasteiger partial charge in [-0.05, 0) is 62.8 Å². The van der Waals surface area contributed by atoms with Crippen molar-refractivity contribution in [3.8, 4) is 0 Å². The fourth-order valence-electron chi connectivity index (χ4n) is 3.29. The predicted molar refractivity (Wildman–Crippen MR) is 83.6 cm³/mol. The first-order valence-corrected chi connectivity index (χ1v) is 8.15. The van der Waals surface area contributed by atoms with Crippen molar-refractivity contribution >= 4 is 11.8 Å². The SMILES string of the molecule is CC(C)OC(=O)N1c2ccc(C(F)(F)F)cc2C(N)CC1C1CC1. The van der Waals surface area contributed by atoms with E-state index < -0.39 is 23.9 Å². The van der Waals surface area contributed by atoms with Gasteiger partial charge in [0.05, 0.1) is 17.4 Å². The molecule has 132 valence electrons. The molecule has 24 heavy (non-hydrogen) atoms. The predicted octanol–water partition coefficient (Wildman–Crippen LogP) is 4.24. The lowest BCUT2D eigenvalue weighted by Crippen LogP contribution is -2.48. The van der Waals surface area contributed by atoms with Crippen LogP contribution in [0.2, 0.25) is 0 Å². The van der Waals surface area contributed by atoms with E-state index >= 15 is 0 Å². The molecule has 1 aromatic carbocycles. The van der Waals surface area contributed by atoms with Crippen LogP contribution in [0, 0.1) is 5.92 Å². The lowest BCUT2D eigenvalue weighted by atomic mass is 9.88. The van der Waals surface area contributed by atoms with E-state index in [0.29, 0.717) is 23.6 Å². The number of ether oxygens (including phenoxy) is 1. The number of nitrogens with zero attached hydrogens (tertiary/aromatic N) is 1. The Kier molecular flexibility index (Phi) is 4.23. The van der Waals surface area contributed by atoms with Gasteiger partial charge in [0.15, 0.2) is 0 Å². The Morgan fingerprint density at radius 2 is 2.00 bits per heavy atom. The summed E-state index contributed by atoms with van der Waals surface area (Å²) in [5.74, 6) is 0.339. The molecular formula is C17H21F3N2O2. The summed E-state index contributed by atoms with van der Waals surface area (Å²) in [4.78, 5) is 14.1. The normalized spacial score (nSPS) is 24.0. The second kappa shape index (κ2) is 5.95. The van der Waals surface area contributed by atoms with Crippen LogP contribution in [-0.4, -0.2) is 18.2 Å². The van der Waals surface area contributed by atoms with E-state index in [1.54, 1.807) is 13.8 Å². The van der Waals surface area contributed by atoms with E-state index in [-0.39, 0.29) is 12.1 Å². The average molecular weight is 342 g/mol. The molecule has 3 rings (SSSR count). The molecule has 0 aromatic heterocycles. The van der Waals surface area contributed by atoms with Gasteiger partial charge in [0.25, 0.3) is 0 Å². The third kappa shape index (κ3) is 3.22. The fourth-order valence-corrected chi connectivity index (χ4v) is 3.29. The molecule has 2 N–H and O–H groups in total. The standard InChI is InChI=1S/C17H21F3N2O2/c1-9(2)24-16(23)22-14-6-5-11(17(18,19)20)7-12(14)13(21)8-15(22)10-3-4-10/h5-7,9-10,13,15H,3-4,8,21H2,1-2H3. The first-order chi connectivity index (χ1) is 11.2.